The van der Waals surface area contributed by atoms with E-state index < -0.39 is 11.2 Å². The number of amides is 1. The number of likely N-dealkylation sites (tertiary alicyclic amines) is 1. The predicted octanol–water partition coefficient (Wildman–Crippen LogP) is 2.95. The van der Waals surface area contributed by atoms with E-state index in [1.165, 1.54) is 17.2 Å². The van der Waals surface area contributed by atoms with Crippen LogP contribution in [0.4, 0.5) is 18.3 Å². The number of pyridine rings is 1. The number of anilines is 1. The summed E-state index contributed by atoms with van der Waals surface area (Å²) in [6.07, 6.45) is -0.163. The van der Waals surface area contributed by atoms with Gasteiger partial charge in [0.15, 0.2) is 5.82 Å². The third kappa shape index (κ3) is 4.36. The molecule has 0 saturated carbocycles. The van der Waals surface area contributed by atoms with Crippen LogP contribution in [0.2, 0.25) is 0 Å². The van der Waals surface area contributed by atoms with Crippen molar-refractivity contribution < 1.29 is 18.0 Å². The summed E-state index contributed by atoms with van der Waals surface area (Å²) < 4.78 is 38.4. The lowest BCUT2D eigenvalue weighted by Crippen LogP contribution is -2.52. The monoisotopic (exact) mass is 452 g/mol. The standard InChI is InChI=1S/C18H19F3N8OS/c1-10-5-6-12(14(24-10)29-22-7-8-23-29)15(30)28-9-3-4-13(11(28)2)25-17-27-26-16(31-17)18(19,20)21/h5-8,11,13H,3-4,9H2,1-2H3,(H,25,27). The molecule has 0 aliphatic carbocycles. The van der Waals surface area contributed by atoms with Gasteiger partial charge in [0.25, 0.3) is 5.91 Å². The van der Waals surface area contributed by atoms with Crippen LogP contribution in [0, 0.1) is 6.92 Å². The van der Waals surface area contributed by atoms with Gasteiger partial charge in [-0.3, -0.25) is 4.79 Å². The number of aromatic nitrogens is 6. The Balaban J connectivity index is 1.55. The van der Waals surface area contributed by atoms with Crippen LogP contribution in [0.5, 0.6) is 0 Å². The summed E-state index contributed by atoms with van der Waals surface area (Å²) in [5.41, 5.74) is 1.07. The molecule has 1 N–H and O–H groups in total. The highest BCUT2D eigenvalue weighted by Gasteiger charge is 2.37. The molecule has 164 valence electrons. The molecular formula is C18H19F3N8OS. The van der Waals surface area contributed by atoms with Crippen molar-refractivity contribution in [2.45, 2.75) is 44.9 Å². The van der Waals surface area contributed by atoms with Crippen molar-refractivity contribution in [3.8, 4) is 5.82 Å². The lowest BCUT2D eigenvalue weighted by molar-refractivity contribution is -0.138. The second-order valence-electron chi connectivity index (χ2n) is 7.18. The zero-order valence-corrected chi connectivity index (χ0v) is 17.5. The zero-order chi connectivity index (χ0) is 22.2. The second kappa shape index (κ2) is 8.21. The molecule has 1 fully saturated rings. The summed E-state index contributed by atoms with van der Waals surface area (Å²) in [4.78, 5) is 20.8. The van der Waals surface area contributed by atoms with Crippen LogP contribution in [0.1, 0.15) is 40.8 Å². The fourth-order valence-corrected chi connectivity index (χ4v) is 4.19. The first kappa shape index (κ1) is 21.2. The number of hydrogen-bond acceptors (Lipinski definition) is 8. The van der Waals surface area contributed by atoms with Crippen LogP contribution < -0.4 is 5.32 Å². The maximum absolute atomic E-state index is 13.4. The molecule has 4 heterocycles. The molecular weight excluding hydrogens is 433 g/mol. The van der Waals surface area contributed by atoms with E-state index in [4.69, 9.17) is 0 Å². The number of carbonyl (C=O) groups excluding carboxylic acids is 1. The van der Waals surface area contributed by atoms with Crippen LogP contribution in [0.15, 0.2) is 24.5 Å². The maximum Gasteiger partial charge on any atom is 0.445 e. The SMILES string of the molecule is Cc1ccc(C(=O)N2CCCC(Nc3nnc(C(F)(F)F)s3)C2C)c(-n2nccn2)n1. The molecule has 1 amide bonds. The van der Waals surface area contributed by atoms with Gasteiger partial charge in [-0.15, -0.1) is 15.0 Å². The first-order valence-corrected chi connectivity index (χ1v) is 10.4. The Morgan fingerprint density at radius 3 is 2.65 bits per heavy atom. The minimum Gasteiger partial charge on any atom is -0.355 e. The number of nitrogens with one attached hydrogen (secondary N) is 1. The third-order valence-corrected chi connectivity index (χ3v) is 5.98. The number of piperidine rings is 1. The molecule has 1 aliphatic rings. The molecule has 0 bridgehead atoms. The Labute approximate surface area is 179 Å². The maximum atomic E-state index is 13.4. The van der Waals surface area contributed by atoms with Crippen LogP contribution in [0.3, 0.4) is 0 Å². The van der Waals surface area contributed by atoms with Gasteiger partial charge < -0.3 is 10.2 Å². The smallest absolute Gasteiger partial charge is 0.355 e. The largest absolute Gasteiger partial charge is 0.445 e. The topological polar surface area (TPSA) is 102 Å². The zero-order valence-electron chi connectivity index (χ0n) is 16.7. The molecule has 4 rings (SSSR count). The van der Waals surface area contributed by atoms with E-state index in [1.54, 1.807) is 17.0 Å². The highest BCUT2D eigenvalue weighted by Crippen LogP contribution is 2.34. The Morgan fingerprint density at radius 2 is 1.97 bits per heavy atom. The first-order valence-electron chi connectivity index (χ1n) is 9.56. The molecule has 2 atom stereocenters. The van der Waals surface area contributed by atoms with Gasteiger partial charge in [0.2, 0.25) is 10.1 Å². The summed E-state index contributed by atoms with van der Waals surface area (Å²) in [6.45, 7) is 4.18. The van der Waals surface area contributed by atoms with E-state index >= 15 is 0 Å². The van der Waals surface area contributed by atoms with E-state index in [-0.39, 0.29) is 23.1 Å². The highest BCUT2D eigenvalue weighted by molar-refractivity contribution is 7.15. The minimum absolute atomic E-state index is 0.0805. The lowest BCUT2D eigenvalue weighted by atomic mass is 9.96. The van der Waals surface area contributed by atoms with E-state index in [9.17, 15) is 18.0 Å². The van der Waals surface area contributed by atoms with Crippen LogP contribution in [-0.4, -0.2) is 59.6 Å². The van der Waals surface area contributed by atoms with Gasteiger partial charge in [0.1, 0.15) is 0 Å². The molecule has 0 spiro atoms. The number of carbonyl (C=O) groups is 1. The van der Waals surface area contributed by atoms with E-state index in [0.29, 0.717) is 47.8 Å². The van der Waals surface area contributed by atoms with Crippen molar-refractivity contribution in [2.24, 2.45) is 0 Å². The third-order valence-electron chi connectivity index (χ3n) is 5.08. The van der Waals surface area contributed by atoms with Crippen molar-refractivity contribution in [3.63, 3.8) is 0 Å². The quantitative estimate of drug-likeness (QED) is 0.649. The molecule has 1 saturated heterocycles. The lowest BCUT2D eigenvalue weighted by Gasteiger charge is -2.39. The van der Waals surface area contributed by atoms with Crippen LogP contribution in [-0.2, 0) is 6.18 Å². The average molecular weight is 452 g/mol. The van der Waals surface area contributed by atoms with E-state index in [1.807, 2.05) is 13.8 Å². The van der Waals surface area contributed by atoms with Gasteiger partial charge in [-0.1, -0.05) is 11.3 Å². The summed E-state index contributed by atoms with van der Waals surface area (Å²) in [6, 6.07) is 2.87. The Bertz CT molecular complexity index is 1070. The number of rotatable bonds is 4. The summed E-state index contributed by atoms with van der Waals surface area (Å²) in [5.74, 6) is 0.0864. The highest BCUT2D eigenvalue weighted by atomic mass is 32.1. The van der Waals surface area contributed by atoms with Crippen molar-refractivity contribution in [2.75, 3.05) is 11.9 Å². The number of nitrogens with zero attached hydrogens (tertiary/aromatic N) is 7. The average Bonchev–Trinajstić information content (AvgIpc) is 3.41. The van der Waals surface area contributed by atoms with Gasteiger partial charge in [-0.2, -0.15) is 23.4 Å². The molecule has 0 radical (unpaired) electrons. The Hall–Kier alpha value is -3.09. The summed E-state index contributed by atoms with van der Waals surface area (Å²) in [7, 11) is 0. The fourth-order valence-electron chi connectivity index (χ4n) is 3.52. The molecule has 31 heavy (non-hydrogen) atoms. The van der Waals surface area contributed by atoms with Crippen molar-refractivity contribution >= 4 is 22.4 Å². The van der Waals surface area contributed by atoms with Gasteiger partial charge in [-0.25, -0.2) is 4.98 Å². The predicted molar refractivity (Wildman–Crippen MR) is 106 cm³/mol. The van der Waals surface area contributed by atoms with Gasteiger partial charge >= 0.3 is 6.18 Å². The van der Waals surface area contributed by atoms with Gasteiger partial charge in [0, 0.05) is 24.3 Å². The van der Waals surface area contributed by atoms with Crippen LogP contribution in [0.25, 0.3) is 5.82 Å². The molecule has 3 aromatic heterocycles. The first-order chi connectivity index (χ1) is 14.7. The van der Waals surface area contributed by atoms with E-state index in [2.05, 4.69) is 30.7 Å². The summed E-state index contributed by atoms with van der Waals surface area (Å²) in [5, 5.41) is 17.1. The van der Waals surface area contributed by atoms with Crippen molar-refractivity contribution in [1.29, 1.82) is 0 Å². The van der Waals surface area contributed by atoms with Crippen LogP contribution >= 0.6 is 11.3 Å². The Kier molecular flexibility index (Phi) is 5.60. The molecule has 1 aliphatic heterocycles. The Morgan fingerprint density at radius 1 is 1.23 bits per heavy atom. The van der Waals surface area contributed by atoms with Crippen molar-refractivity contribution in [3.05, 3.63) is 40.8 Å². The van der Waals surface area contributed by atoms with Gasteiger partial charge in [0.05, 0.1) is 18.0 Å². The van der Waals surface area contributed by atoms with E-state index in [0.717, 1.165) is 0 Å². The molecule has 13 heteroatoms. The molecule has 2 unspecified atom stereocenters. The molecule has 3 aromatic rings. The second-order valence-corrected chi connectivity index (χ2v) is 8.16. The van der Waals surface area contributed by atoms with Gasteiger partial charge in [-0.05, 0) is 38.8 Å². The number of aryl methyl sites for hydroxylation is 1. The number of alkyl halides is 3. The minimum atomic E-state index is -4.53. The number of halogens is 3. The molecule has 0 aromatic carbocycles. The normalized spacial score (nSPS) is 19.5. The number of hydrogen-bond donors (Lipinski definition) is 1. The van der Waals surface area contributed by atoms with Crippen molar-refractivity contribution in [1.82, 2.24) is 35.1 Å². The fraction of sp³-hybridized carbons (Fsp3) is 0.444. The molecule has 9 nitrogen and oxygen atoms in total. The summed E-state index contributed by atoms with van der Waals surface area (Å²) >= 11 is 0.452.